The summed E-state index contributed by atoms with van der Waals surface area (Å²) in [4.78, 5) is 26.9. The van der Waals surface area contributed by atoms with Crippen LogP contribution < -0.4 is 16.7 Å². The van der Waals surface area contributed by atoms with E-state index >= 15 is 0 Å². The molecule has 2 rings (SSSR count). The molecule has 0 amide bonds. The van der Waals surface area contributed by atoms with E-state index in [4.69, 9.17) is 10.8 Å². The number of aromatic amines is 2. The molecule has 1 atom stereocenters. The van der Waals surface area contributed by atoms with E-state index in [1.54, 1.807) is 18.2 Å². The number of carboxylic acid groups (broad SMARTS) is 1. The van der Waals surface area contributed by atoms with Crippen LogP contribution in [0, 0.1) is 0 Å². The van der Waals surface area contributed by atoms with Crippen molar-refractivity contribution in [3.8, 4) is 0 Å². The molecule has 96 valence electrons. The highest BCUT2D eigenvalue weighted by molar-refractivity contribution is 5.78. The molecule has 0 aliphatic carbocycles. The van der Waals surface area contributed by atoms with E-state index in [9.17, 15) is 9.59 Å². The fourth-order valence-electron chi connectivity index (χ4n) is 1.64. The first-order chi connectivity index (χ1) is 8.56. The van der Waals surface area contributed by atoms with Crippen LogP contribution in [0.15, 0.2) is 23.0 Å². The molecule has 2 aromatic rings. The lowest BCUT2D eigenvalue weighted by molar-refractivity contribution is -0.138. The predicted molar refractivity (Wildman–Crippen MR) is 67.6 cm³/mol. The number of nitrogens with two attached hydrogens (primary N) is 1. The maximum atomic E-state index is 11.1. The molecule has 6 N–H and O–H groups in total. The summed E-state index contributed by atoms with van der Waals surface area (Å²) in [5, 5.41) is 11.7. The van der Waals surface area contributed by atoms with Gasteiger partial charge in [-0.15, -0.1) is 0 Å². The Kier molecular flexibility index (Phi) is 3.33. The van der Waals surface area contributed by atoms with Crippen molar-refractivity contribution in [1.29, 1.82) is 0 Å². The van der Waals surface area contributed by atoms with Crippen LogP contribution in [0.4, 0.5) is 5.69 Å². The summed E-state index contributed by atoms with van der Waals surface area (Å²) in [6, 6.07) is 4.48. The Labute approximate surface area is 102 Å². The number of fused-ring (bicyclic) bond motifs is 1. The van der Waals surface area contributed by atoms with Crippen molar-refractivity contribution in [2.45, 2.75) is 12.5 Å². The number of aromatic nitrogens is 2. The van der Waals surface area contributed by atoms with Crippen LogP contribution in [-0.4, -0.2) is 33.6 Å². The van der Waals surface area contributed by atoms with Gasteiger partial charge in [-0.25, -0.2) is 4.79 Å². The van der Waals surface area contributed by atoms with E-state index < -0.39 is 12.0 Å². The Bertz CT molecular complexity index is 616. The van der Waals surface area contributed by atoms with E-state index in [0.29, 0.717) is 18.5 Å². The van der Waals surface area contributed by atoms with Crippen LogP contribution in [0.3, 0.4) is 0 Å². The fraction of sp³-hybridized carbons (Fsp3) is 0.273. The summed E-state index contributed by atoms with van der Waals surface area (Å²) in [5.41, 5.74) is 7.36. The number of carbonyl (C=O) groups is 1. The van der Waals surface area contributed by atoms with Crippen LogP contribution in [-0.2, 0) is 4.79 Å². The molecular weight excluding hydrogens is 236 g/mol. The Balaban J connectivity index is 1.99. The maximum absolute atomic E-state index is 11.1. The lowest BCUT2D eigenvalue weighted by atomic mass is 10.2. The first-order valence-electron chi connectivity index (χ1n) is 5.50. The average Bonchev–Trinajstić information content (AvgIpc) is 2.68. The average molecular weight is 250 g/mol. The summed E-state index contributed by atoms with van der Waals surface area (Å²) >= 11 is 0. The second-order valence-electron chi connectivity index (χ2n) is 4.00. The van der Waals surface area contributed by atoms with Gasteiger partial charge in [-0.05, 0) is 24.6 Å². The molecule has 0 spiro atoms. The largest absolute Gasteiger partial charge is 0.480 e. The number of rotatable bonds is 5. The van der Waals surface area contributed by atoms with Gasteiger partial charge in [0.15, 0.2) is 0 Å². The molecule has 0 fully saturated rings. The Morgan fingerprint density at radius 1 is 1.39 bits per heavy atom. The van der Waals surface area contributed by atoms with Crippen molar-refractivity contribution in [2.24, 2.45) is 5.73 Å². The molecule has 1 aromatic carbocycles. The summed E-state index contributed by atoms with van der Waals surface area (Å²) < 4.78 is 0. The standard InChI is InChI=1S/C11H14N4O3/c12-7(10(16)17)3-4-13-6-1-2-8-9(5-6)15-11(18)14-8/h1-2,5,7,13H,3-4,12H2,(H,16,17)(H2,14,15,18). The molecule has 1 unspecified atom stereocenters. The number of anilines is 1. The summed E-state index contributed by atoms with van der Waals surface area (Å²) in [6.45, 7) is 0.452. The number of nitrogens with one attached hydrogen (secondary N) is 3. The highest BCUT2D eigenvalue weighted by Crippen LogP contribution is 2.14. The summed E-state index contributed by atoms with van der Waals surface area (Å²) in [5.74, 6) is -1.01. The van der Waals surface area contributed by atoms with Gasteiger partial charge in [0, 0.05) is 12.2 Å². The number of H-pyrrole nitrogens is 2. The van der Waals surface area contributed by atoms with Crippen LogP contribution in [0.25, 0.3) is 11.0 Å². The molecule has 0 saturated heterocycles. The zero-order valence-electron chi connectivity index (χ0n) is 9.56. The van der Waals surface area contributed by atoms with Gasteiger partial charge in [0.25, 0.3) is 0 Å². The quantitative estimate of drug-likeness (QED) is 0.513. The molecule has 0 bridgehead atoms. The molecule has 18 heavy (non-hydrogen) atoms. The van der Waals surface area contributed by atoms with Crippen molar-refractivity contribution in [3.05, 3.63) is 28.7 Å². The molecule has 7 nitrogen and oxygen atoms in total. The number of aliphatic carboxylic acids is 1. The van der Waals surface area contributed by atoms with Gasteiger partial charge < -0.3 is 26.1 Å². The van der Waals surface area contributed by atoms with Crippen molar-refractivity contribution in [3.63, 3.8) is 0 Å². The minimum absolute atomic E-state index is 0.255. The van der Waals surface area contributed by atoms with Crippen LogP contribution in [0.2, 0.25) is 0 Å². The third kappa shape index (κ3) is 2.69. The zero-order valence-corrected chi connectivity index (χ0v) is 9.56. The van der Waals surface area contributed by atoms with Crippen LogP contribution in [0.1, 0.15) is 6.42 Å². The van der Waals surface area contributed by atoms with Crippen molar-refractivity contribution in [1.82, 2.24) is 9.97 Å². The minimum Gasteiger partial charge on any atom is -0.480 e. The monoisotopic (exact) mass is 250 g/mol. The third-order valence-corrected chi connectivity index (χ3v) is 2.62. The number of carboxylic acids is 1. The molecule has 0 saturated carbocycles. The van der Waals surface area contributed by atoms with Gasteiger partial charge in [0.1, 0.15) is 6.04 Å². The van der Waals surface area contributed by atoms with E-state index in [1.165, 1.54) is 0 Å². The van der Waals surface area contributed by atoms with Gasteiger partial charge >= 0.3 is 11.7 Å². The number of imidazole rings is 1. The van der Waals surface area contributed by atoms with Gasteiger partial charge in [-0.2, -0.15) is 0 Å². The maximum Gasteiger partial charge on any atom is 0.323 e. The third-order valence-electron chi connectivity index (χ3n) is 2.62. The first kappa shape index (κ1) is 12.2. The van der Waals surface area contributed by atoms with Gasteiger partial charge in [0.05, 0.1) is 11.0 Å². The predicted octanol–water partition coefficient (Wildman–Crippen LogP) is 0.0701. The van der Waals surface area contributed by atoms with E-state index in [2.05, 4.69) is 15.3 Å². The van der Waals surface area contributed by atoms with Gasteiger partial charge in [-0.1, -0.05) is 0 Å². The number of benzene rings is 1. The molecule has 1 heterocycles. The van der Waals surface area contributed by atoms with Crippen molar-refractivity contribution < 1.29 is 9.90 Å². The SMILES string of the molecule is NC(CCNc1ccc2[nH]c(=O)[nH]c2c1)C(=O)O. The topological polar surface area (TPSA) is 124 Å². The van der Waals surface area contributed by atoms with Crippen LogP contribution in [0.5, 0.6) is 0 Å². The second-order valence-corrected chi connectivity index (χ2v) is 4.00. The Hall–Kier alpha value is -2.28. The second kappa shape index (κ2) is 4.92. The summed E-state index contributed by atoms with van der Waals surface area (Å²) in [6.07, 6.45) is 0.330. The smallest absolute Gasteiger partial charge is 0.323 e. The number of hydrogen-bond acceptors (Lipinski definition) is 4. The first-order valence-corrected chi connectivity index (χ1v) is 5.50. The molecule has 0 radical (unpaired) electrons. The Morgan fingerprint density at radius 3 is 2.83 bits per heavy atom. The fourth-order valence-corrected chi connectivity index (χ4v) is 1.64. The van der Waals surface area contributed by atoms with Gasteiger partial charge in [0.2, 0.25) is 0 Å². The van der Waals surface area contributed by atoms with Crippen molar-refractivity contribution >= 4 is 22.7 Å². The van der Waals surface area contributed by atoms with E-state index in [1.807, 2.05) is 0 Å². The van der Waals surface area contributed by atoms with Crippen LogP contribution >= 0.6 is 0 Å². The molecule has 0 aliphatic rings. The van der Waals surface area contributed by atoms with E-state index in [0.717, 1.165) is 11.2 Å². The lowest BCUT2D eigenvalue weighted by Gasteiger charge is -2.08. The highest BCUT2D eigenvalue weighted by atomic mass is 16.4. The van der Waals surface area contributed by atoms with Crippen molar-refractivity contribution in [2.75, 3.05) is 11.9 Å². The lowest BCUT2D eigenvalue weighted by Crippen LogP contribution is -2.32. The highest BCUT2D eigenvalue weighted by Gasteiger charge is 2.10. The molecular formula is C11H14N4O3. The molecule has 0 aliphatic heterocycles. The Morgan fingerprint density at radius 2 is 2.11 bits per heavy atom. The zero-order chi connectivity index (χ0) is 13.1. The number of hydrogen-bond donors (Lipinski definition) is 5. The van der Waals surface area contributed by atoms with Gasteiger partial charge in [-0.3, -0.25) is 4.79 Å². The van der Waals surface area contributed by atoms with E-state index in [-0.39, 0.29) is 5.69 Å². The molecule has 1 aromatic heterocycles. The normalized spacial score (nSPS) is 12.5. The molecule has 7 heteroatoms. The minimum atomic E-state index is -1.01. The summed E-state index contributed by atoms with van der Waals surface area (Å²) in [7, 11) is 0.